The van der Waals surface area contributed by atoms with E-state index in [-0.39, 0.29) is 11.9 Å². The molecular weight excluding hydrogens is 256 g/mol. The highest BCUT2D eigenvalue weighted by Gasteiger charge is 2.10. The summed E-state index contributed by atoms with van der Waals surface area (Å²) in [6.07, 6.45) is 1.58. The number of carbonyl (C=O) groups excluding carboxylic acids is 1. The van der Waals surface area contributed by atoms with Crippen LogP contribution in [0.4, 0.5) is 0 Å². The fourth-order valence-electron chi connectivity index (χ4n) is 1.13. The Bertz CT molecular complexity index is 385. The Morgan fingerprint density at radius 2 is 2.27 bits per heavy atom. The van der Waals surface area contributed by atoms with E-state index in [2.05, 4.69) is 22.5 Å². The fourth-order valence-corrected chi connectivity index (χ4v) is 1.49. The first-order valence-electron chi connectivity index (χ1n) is 4.64. The van der Waals surface area contributed by atoms with Crippen molar-refractivity contribution in [1.82, 2.24) is 0 Å². The van der Waals surface area contributed by atoms with Gasteiger partial charge in [0.15, 0.2) is 5.78 Å². The highest BCUT2D eigenvalue weighted by molar-refractivity contribution is 9.10. The lowest BCUT2D eigenvalue weighted by Crippen LogP contribution is -2.10. The van der Waals surface area contributed by atoms with Crippen LogP contribution in [0, 0.1) is 0 Å². The topological polar surface area (TPSA) is 26.3 Å². The summed E-state index contributed by atoms with van der Waals surface area (Å²) in [6, 6.07) is 5.38. The molecule has 1 aromatic rings. The molecule has 80 valence electrons. The first-order valence-corrected chi connectivity index (χ1v) is 5.43. The van der Waals surface area contributed by atoms with E-state index < -0.39 is 0 Å². The second-order valence-electron chi connectivity index (χ2n) is 3.26. The largest absolute Gasteiger partial charge is 0.486 e. The Morgan fingerprint density at radius 1 is 1.60 bits per heavy atom. The van der Waals surface area contributed by atoms with Crippen LogP contribution in [0.3, 0.4) is 0 Å². The Morgan fingerprint density at radius 3 is 2.80 bits per heavy atom. The minimum absolute atomic E-state index is 0.0115. The van der Waals surface area contributed by atoms with Gasteiger partial charge in [0, 0.05) is 4.47 Å². The summed E-state index contributed by atoms with van der Waals surface area (Å²) >= 11 is 3.32. The molecule has 1 rings (SSSR count). The van der Waals surface area contributed by atoms with E-state index in [0.717, 1.165) is 4.47 Å². The standard InChI is InChI=1S/C12H13BrO2/c1-4-8(2)15-12-6-5-10(13)7-11(12)9(3)14/h4-8H,1H2,2-3H3. The zero-order valence-corrected chi connectivity index (χ0v) is 10.4. The molecule has 0 radical (unpaired) electrons. The molecule has 1 unspecified atom stereocenters. The van der Waals surface area contributed by atoms with Gasteiger partial charge in [-0.1, -0.05) is 28.6 Å². The maximum Gasteiger partial charge on any atom is 0.163 e. The van der Waals surface area contributed by atoms with E-state index in [4.69, 9.17) is 4.74 Å². The highest BCUT2D eigenvalue weighted by atomic mass is 79.9. The van der Waals surface area contributed by atoms with E-state index in [0.29, 0.717) is 11.3 Å². The summed E-state index contributed by atoms with van der Waals surface area (Å²) in [5.74, 6) is 0.584. The molecule has 0 bridgehead atoms. The molecule has 0 N–H and O–H groups in total. The van der Waals surface area contributed by atoms with Crippen molar-refractivity contribution in [2.75, 3.05) is 0 Å². The zero-order chi connectivity index (χ0) is 11.4. The molecule has 15 heavy (non-hydrogen) atoms. The lowest BCUT2D eigenvalue weighted by molar-refractivity contribution is 0.101. The smallest absolute Gasteiger partial charge is 0.163 e. The predicted octanol–water partition coefficient (Wildman–Crippen LogP) is 3.61. The molecule has 0 heterocycles. The van der Waals surface area contributed by atoms with E-state index in [9.17, 15) is 4.79 Å². The number of hydrogen-bond donors (Lipinski definition) is 0. The van der Waals surface area contributed by atoms with Crippen LogP contribution < -0.4 is 4.74 Å². The average molecular weight is 269 g/mol. The number of hydrogen-bond acceptors (Lipinski definition) is 2. The average Bonchev–Trinajstić information content (AvgIpc) is 2.20. The summed E-state index contributed by atoms with van der Waals surface area (Å²) < 4.78 is 6.42. The van der Waals surface area contributed by atoms with Crippen molar-refractivity contribution < 1.29 is 9.53 Å². The summed E-state index contributed by atoms with van der Waals surface area (Å²) in [5.41, 5.74) is 0.582. The van der Waals surface area contributed by atoms with Crippen molar-refractivity contribution in [2.45, 2.75) is 20.0 Å². The molecule has 3 heteroatoms. The van der Waals surface area contributed by atoms with Gasteiger partial charge in [-0.2, -0.15) is 0 Å². The molecule has 0 amide bonds. The van der Waals surface area contributed by atoms with E-state index >= 15 is 0 Å². The molecule has 1 aromatic carbocycles. The molecule has 0 aliphatic carbocycles. The maximum atomic E-state index is 11.4. The summed E-state index contributed by atoms with van der Waals surface area (Å²) in [5, 5.41) is 0. The number of carbonyl (C=O) groups is 1. The third-order valence-electron chi connectivity index (χ3n) is 1.97. The third kappa shape index (κ3) is 3.20. The van der Waals surface area contributed by atoms with E-state index in [1.54, 1.807) is 18.2 Å². The minimum Gasteiger partial charge on any atom is -0.486 e. The van der Waals surface area contributed by atoms with Gasteiger partial charge in [-0.15, -0.1) is 0 Å². The Labute approximate surface area is 98.1 Å². The van der Waals surface area contributed by atoms with Gasteiger partial charge in [0.2, 0.25) is 0 Å². The number of rotatable bonds is 4. The van der Waals surface area contributed by atoms with Crippen molar-refractivity contribution in [3.8, 4) is 5.75 Å². The molecule has 0 aliphatic heterocycles. The highest BCUT2D eigenvalue weighted by Crippen LogP contribution is 2.24. The normalized spacial score (nSPS) is 11.9. The molecule has 0 aromatic heterocycles. The van der Waals surface area contributed by atoms with Crippen molar-refractivity contribution in [2.24, 2.45) is 0 Å². The number of ether oxygens (including phenoxy) is 1. The van der Waals surface area contributed by atoms with Crippen LogP contribution in [0.25, 0.3) is 0 Å². The molecule has 0 spiro atoms. The van der Waals surface area contributed by atoms with Gasteiger partial charge in [-0.3, -0.25) is 4.79 Å². The van der Waals surface area contributed by atoms with Gasteiger partial charge in [-0.05, 0) is 32.0 Å². The monoisotopic (exact) mass is 268 g/mol. The molecule has 0 saturated carbocycles. The second-order valence-corrected chi connectivity index (χ2v) is 4.17. The molecule has 1 atom stereocenters. The Hall–Kier alpha value is -1.09. The van der Waals surface area contributed by atoms with Crippen LogP contribution in [-0.4, -0.2) is 11.9 Å². The lowest BCUT2D eigenvalue weighted by atomic mass is 10.1. The number of benzene rings is 1. The molecular formula is C12H13BrO2. The second kappa shape index (κ2) is 5.12. The first-order chi connectivity index (χ1) is 7.04. The summed E-state index contributed by atoms with van der Waals surface area (Å²) in [7, 11) is 0. The molecule has 0 saturated heterocycles. The van der Waals surface area contributed by atoms with Gasteiger partial charge in [0.05, 0.1) is 5.56 Å². The van der Waals surface area contributed by atoms with Gasteiger partial charge >= 0.3 is 0 Å². The zero-order valence-electron chi connectivity index (χ0n) is 8.79. The molecule has 2 nitrogen and oxygen atoms in total. The van der Waals surface area contributed by atoms with Crippen LogP contribution >= 0.6 is 15.9 Å². The fraction of sp³-hybridized carbons (Fsp3) is 0.250. The minimum atomic E-state index is -0.107. The number of ketones is 1. The lowest BCUT2D eigenvalue weighted by Gasteiger charge is -2.13. The van der Waals surface area contributed by atoms with Crippen LogP contribution in [0.5, 0.6) is 5.75 Å². The van der Waals surface area contributed by atoms with Crippen LogP contribution in [0.1, 0.15) is 24.2 Å². The quantitative estimate of drug-likeness (QED) is 0.616. The van der Waals surface area contributed by atoms with Gasteiger partial charge in [0.25, 0.3) is 0 Å². The van der Waals surface area contributed by atoms with Gasteiger partial charge < -0.3 is 4.74 Å². The van der Waals surface area contributed by atoms with Crippen molar-refractivity contribution in [3.63, 3.8) is 0 Å². The van der Waals surface area contributed by atoms with Gasteiger partial charge in [0.1, 0.15) is 11.9 Å². The van der Waals surface area contributed by atoms with E-state index in [1.807, 2.05) is 13.0 Å². The van der Waals surface area contributed by atoms with Crippen molar-refractivity contribution in [1.29, 1.82) is 0 Å². The Balaban J connectivity index is 3.05. The van der Waals surface area contributed by atoms with Crippen LogP contribution in [0.15, 0.2) is 35.3 Å². The summed E-state index contributed by atoms with van der Waals surface area (Å²) in [6.45, 7) is 7.02. The maximum absolute atomic E-state index is 11.4. The van der Waals surface area contributed by atoms with E-state index in [1.165, 1.54) is 6.92 Å². The van der Waals surface area contributed by atoms with Crippen LogP contribution in [-0.2, 0) is 0 Å². The number of Topliss-reactive ketones (excluding diaryl/α,β-unsaturated/α-hetero) is 1. The first kappa shape index (κ1) is 12.0. The van der Waals surface area contributed by atoms with Crippen molar-refractivity contribution >= 4 is 21.7 Å². The summed E-state index contributed by atoms with van der Waals surface area (Å²) in [4.78, 5) is 11.4. The Kier molecular flexibility index (Phi) is 4.09. The third-order valence-corrected chi connectivity index (χ3v) is 2.46. The predicted molar refractivity (Wildman–Crippen MR) is 64.4 cm³/mol. The van der Waals surface area contributed by atoms with Crippen molar-refractivity contribution in [3.05, 3.63) is 40.9 Å². The SMILES string of the molecule is C=CC(C)Oc1ccc(Br)cc1C(C)=O. The molecule has 0 aliphatic rings. The number of halogens is 1. The van der Waals surface area contributed by atoms with Crippen LogP contribution in [0.2, 0.25) is 0 Å². The molecule has 0 fully saturated rings. The van der Waals surface area contributed by atoms with Gasteiger partial charge in [-0.25, -0.2) is 0 Å².